The molecule has 90 valence electrons. The van der Waals surface area contributed by atoms with Crippen LogP contribution in [0.15, 0.2) is 0 Å². The van der Waals surface area contributed by atoms with Crippen molar-refractivity contribution in [3.05, 3.63) is 0 Å². The summed E-state index contributed by atoms with van der Waals surface area (Å²) in [5.41, 5.74) is 0. The zero-order chi connectivity index (χ0) is 12.7. The molecule has 0 aliphatic carbocycles. The van der Waals surface area contributed by atoms with Crippen molar-refractivity contribution in [1.82, 2.24) is 0 Å². The number of carbonyl (C=O) groups is 1. The molecule has 0 unspecified atom stereocenters. The Morgan fingerprint density at radius 3 is 1.47 bits per heavy atom. The first-order valence-electron chi connectivity index (χ1n) is 3.72. The topological polar surface area (TPSA) is 17.1 Å². The first kappa shape index (κ1) is 14.2. The van der Waals surface area contributed by atoms with Crippen molar-refractivity contribution >= 4 is 5.78 Å². The highest BCUT2D eigenvalue weighted by atomic mass is 19.4. The molecule has 0 amide bonds. The molecule has 8 heteroatoms. The van der Waals surface area contributed by atoms with E-state index < -0.39 is 29.7 Å². The van der Waals surface area contributed by atoms with Gasteiger partial charge in [0.15, 0.2) is 0 Å². The van der Waals surface area contributed by atoms with Gasteiger partial charge in [0.05, 0.1) is 0 Å². The normalized spacial score (nSPS) is 14.5. The van der Waals surface area contributed by atoms with Crippen molar-refractivity contribution in [2.45, 2.75) is 31.9 Å². The minimum atomic E-state index is -6.46. The molecule has 0 aliphatic heterocycles. The molecule has 0 rings (SSSR count). The van der Waals surface area contributed by atoms with E-state index in [1.54, 1.807) is 0 Å². The Hall–Kier alpha value is -0.820. The Balaban J connectivity index is 5.29. The Morgan fingerprint density at radius 1 is 0.933 bits per heavy atom. The maximum Gasteiger partial charge on any atom is 0.460 e. The highest BCUT2D eigenvalue weighted by Gasteiger charge is 2.75. The second-order valence-corrected chi connectivity index (χ2v) is 3.17. The molecule has 0 saturated carbocycles. The van der Waals surface area contributed by atoms with Crippen LogP contribution in [0.25, 0.3) is 0 Å². The summed E-state index contributed by atoms with van der Waals surface area (Å²) in [7, 11) is 0. The van der Waals surface area contributed by atoms with Crippen LogP contribution in [-0.2, 0) is 4.79 Å². The number of ketones is 1. The van der Waals surface area contributed by atoms with Crippen LogP contribution in [-0.4, -0.2) is 23.8 Å². The number of halogens is 7. The maximum atomic E-state index is 12.5. The number of hydrogen-bond donors (Lipinski definition) is 0. The van der Waals surface area contributed by atoms with Crippen LogP contribution in [0.2, 0.25) is 0 Å². The largest absolute Gasteiger partial charge is 0.460 e. The number of carbonyl (C=O) groups excluding carboxylic acids is 1. The Kier molecular flexibility index (Phi) is 3.44. The average molecular weight is 240 g/mol. The highest BCUT2D eigenvalue weighted by Crippen LogP contribution is 2.47. The third-order valence-corrected chi connectivity index (χ3v) is 1.58. The molecule has 0 bridgehead atoms. The highest BCUT2D eigenvalue weighted by molar-refractivity contribution is 5.88. The average Bonchev–Trinajstić information content (AvgIpc) is 2.00. The number of alkyl halides is 7. The molecule has 0 N–H and O–H groups in total. The van der Waals surface area contributed by atoms with Crippen molar-refractivity contribution < 1.29 is 35.5 Å². The molecule has 0 radical (unpaired) electrons. The molecule has 0 spiro atoms. The van der Waals surface area contributed by atoms with E-state index in [1.165, 1.54) is 0 Å². The fourth-order valence-corrected chi connectivity index (χ4v) is 0.695. The minimum absolute atomic E-state index is 0.808. The van der Waals surface area contributed by atoms with Crippen LogP contribution in [0, 0.1) is 5.92 Å². The summed E-state index contributed by atoms with van der Waals surface area (Å²) in [4.78, 5) is 10.5. The quantitative estimate of drug-likeness (QED) is 0.693. The van der Waals surface area contributed by atoms with Gasteiger partial charge in [-0.2, -0.15) is 30.7 Å². The summed E-state index contributed by atoms with van der Waals surface area (Å²) in [6.07, 6.45) is -6.46. The van der Waals surface area contributed by atoms with E-state index in [-0.39, 0.29) is 0 Å². The lowest BCUT2D eigenvalue weighted by Crippen LogP contribution is -2.57. The Labute approximate surface area is 80.2 Å². The van der Waals surface area contributed by atoms with Gasteiger partial charge >= 0.3 is 18.0 Å². The van der Waals surface area contributed by atoms with Gasteiger partial charge in [-0.3, -0.25) is 4.79 Å². The van der Waals surface area contributed by atoms with Crippen molar-refractivity contribution in [3.8, 4) is 0 Å². The van der Waals surface area contributed by atoms with Gasteiger partial charge < -0.3 is 0 Å². The molecular weight excluding hydrogens is 233 g/mol. The maximum absolute atomic E-state index is 12.5. The molecule has 0 fully saturated rings. The number of rotatable bonds is 3. The van der Waals surface area contributed by atoms with E-state index in [1.807, 2.05) is 0 Å². The number of hydrogen-bond acceptors (Lipinski definition) is 1. The van der Waals surface area contributed by atoms with Crippen molar-refractivity contribution in [2.75, 3.05) is 0 Å². The third kappa shape index (κ3) is 2.23. The van der Waals surface area contributed by atoms with Gasteiger partial charge in [0.1, 0.15) is 0 Å². The molecular formula is C7H7F7O. The molecule has 0 atom stereocenters. The summed E-state index contributed by atoms with van der Waals surface area (Å²) in [6.45, 7) is 1.62. The van der Waals surface area contributed by atoms with E-state index in [0.29, 0.717) is 0 Å². The van der Waals surface area contributed by atoms with Crippen LogP contribution in [0.5, 0.6) is 0 Å². The lowest BCUT2D eigenvalue weighted by molar-refractivity contribution is -0.344. The first-order chi connectivity index (χ1) is 6.35. The predicted octanol–water partition coefficient (Wildman–Crippen LogP) is 3.04. The predicted molar refractivity (Wildman–Crippen MR) is 35.8 cm³/mol. The SMILES string of the molecule is CC(C)C(=O)C(F)(F)C(F)(F)C(F)(F)F. The van der Waals surface area contributed by atoms with Gasteiger partial charge in [-0.1, -0.05) is 13.8 Å². The summed E-state index contributed by atoms with van der Waals surface area (Å²) >= 11 is 0. The fraction of sp³-hybridized carbons (Fsp3) is 0.857. The van der Waals surface area contributed by atoms with E-state index in [4.69, 9.17) is 0 Å². The molecule has 1 nitrogen and oxygen atoms in total. The lowest BCUT2D eigenvalue weighted by atomic mass is 9.98. The summed E-state index contributed by atoms with van der Waals surface area (Å²) in [5.74, 6) is -16.1. The zero-order valence-corrected chi connectivity index (χ0v) is 7.63. The standard InChI is InChI=1S/C7H7F7O/c1-3(2)4(15)5(8,9)6(10,11)7(12,13)14/h3H,1-2H3. The molecule has 15 heavy (non-hydrogen) atoms. The van der Waals surface area contributed by atoms with Gasteiger partial charge in [-0.05, 0) is 0 Å². The molecule has 0 aromatic heterocycles. The van der Waals surface area contributed by atoms with Crippen molar-refractivity contribution in [3.63, 3.8) is 0 Å². The monoisotopic (exact) mass is 240 g/mol. The minimum Gasteiger partial charge on any atom is -0.292 e. The molecule has 0 aromatic rings. The lowest BCUT2D eigenvalue weighted by Gasteiger charge is -2.27. The number of Topliss-reactive ketones (excluding diaryl/α,β-unsaturated/α-hetero) is 1. The third-order valence-electron chi connectivity index (χ3n) is 1.58. The van der Waals surface area contributed by atoms with Gasteiger partial charge in [0, 0.05) is 5.92 Å². The zero-order valence-electron chi connectivity index (χ0n) is 7.63. The first-order valence-corrected chi connectivity index (χ1v) is 3.72. The molecule has 0 aromatic carbocycles. The van der Waals surface area contributed by atoms with E-state index in [0.717, 1.165) is 13.8 Å². The summed E-state index contributed by atoms with van der Waals surface area (Å²) < 4.78 is 84.2. The van der Waals surface area contributed by atoms with Crippen LogP contribution in [0.1, 0.15) is 13.8 Å². The van der Waals surface area contributed by atoms with Crippen LogP contribution in [0.3, 0.4) is 0 Å². The van der Waals surface area contributed by atoms with Crippen LogP contribution >= 0.6 is 0 Å². The Bertz CT molecular complexity index is 253. The smallest absolute Gasteiger partial charge is 0.292 e. The molecule has 0 saturated heterocycles. The van der Waals surface area contributed by atoms with Gasteiger partial charge in [-0.25, -0.2) is 0 Å². The second-order valence-electron chi connectivity index (χ2n) is 3.17. The van der Waals surface area contributed by atoms with Crippen LogP contribution < -0.4 is 0 Å². The van der Waals surface area contributed by atoms with Crippen molar-refractivity contribution in [1.29, 1.82) is 0 Å². The van der Waals surface area contributed by atoms with E-state index in [9.17, 15) is 35.5 Å². The fourth-order valence-electron chi connectivity index (χ4n) is 0.695. The van der Waals surface area contributed by atoms with E-state index >= 15 is 0 Å². The van der Waals surface area contributed by atoms with Gasteiger partial charge in [-0.15, -0.1) is 0 Å². The van der Waals surface area contributed by atoms with Crippen LogP contribution in [0.4, 0.5) is 30.7 Å². The van der Waals surface area contributed by atoms with Gasteiger partial charge in [0.25, 0.3) is 0 Å². The second kappa shape index (κ2) is 3.64. The summed E-state index contributed by atoms with van der Waals surface area (Å²) in [5, 5.41) is 0. The molecule has 0 aliphatic rings. The summed E-state index contributed by atoms with van der Waals surface area (Å²) in [6, 6.07) is 0. The Morgan fingerprint density at radius 2 is 1.27 bits per heavy atom. The van der Waals surface area contributed by atoms with Gasteiger partial charge in [0.2, 0.25) is 5.78 Å². The van der Waals surface area contributed by atoms with E-state index in [2.05, 4.69) is 0 Å². The van der Waals surface area contributed by atoms with Crippen molar-refractivity contribution in [2.24, 2.45) is 5.92 Å². The molecule has 0 heterocycles.